The highest BCUT2D eigenvalue weighted by molar-refractivity contribution is 5.63. The summed E-state index contributed by atoms with van der Waals surface area (Å²) in [7, 11) is 0. The smallest absolute Gasteiger partial charge is 0.0366 e. The van der Waals surface area contributed by atoms with Gasteiger partial charge in [-0.05, 0) is 61.3 Å². The second-order valence-corrected chi connectivity index (χ2v) is 5.33. The standard InChI is InChI=1S/C16H21N/c1-13(17-10-4-5-11-17)15-9-8-14-6-2-3-7-16(14)12-15/h8-9,12H,1-7,10-11H2. The van der Waals surface area contributed by atoms with E-state index < -0.39 is 0 Å². The molecule has 0 bridgehead atoms. The van der Waals surface area contributed by atoms with E-state index in [9.17, 15) is 0 Å². The summed E-state index contributed by atoms with van der Waals surface area (Å²) in [5, 5.41) is 0. The fraction of sp³-hybridized carbons (Fsp3) is 0.500. The van der Waals surface area contributed by atoms with Gasteiger partial charge in [-0.1, -0.05) is 18.7 Å². The van der Waals surface area contributed by atoms with Gasteiger partial charge < -0.3 is 4.90 Å². The van der Waals surface area contributed by atoms with Crippen LogP contribution in [0.2, 0.25) is 0 Å². The summed E-state index contributed by atoms with van der Waals surface area (Å²) >= 11 is 0. The Balaban J connectivity index is 1.85. The van der Waals surface area contributed by atoms with Crippen LogP contribution in [-0.4, -0.2) is 18.0 Å². The minimum Gasteiger partial charge on any atom is -0.372 e. The van der Waals surface area contributed by atoms with E-state index in [2.05, 4.69) is 29.7 Å². The van der Waals surface area contributed by atoms with Crippen molar-refractivity contribution in [2.75, 3.05) is 13.1 Å². The number of hydrogen-bond acceptors (Lipinski definition) is 1. The minimum atomic E-state index is 1.19. The van der Waals surface area contributed by atoms with Crippen LogP contribution in [0.1, 0.15) is 42.4 Å². The van der Waals surface area contributed by atoms with E-state index in [1.54, 1.807) is 11.1 Å². The molecule has 0 N–H and O–H groups in total. The van der Waals surface area contributed by atoms with Gasteiger partial charge in [0.1, 0.15) is 0 Å². The summed E-state index contributed by atoms with van der Waals surface area (Å²) in [6, 6.07) is 6.98. The summed E-state index contributed by atoms with van der Waals surface area (Å²) in [5.41, 5.74) is 5.70. The second-order valence-electron chi connectivity index (χ2n) is 5.33. The van der Waals surface area contributed by atoms with E-state index in [4.69, 9.17) is 0 Å². The molecule has 1 saturated heterocycles. The second kappa shape index (κ2) is 4.56. The quantitative estimate of drug-likeness (QED) is 0.745. The Hall–Kier alpha value is -1.24. The van der Waals surface area contributed by atoms with Crippen molar-refractivity contribution in [3.63, 3.8) is 0 Å². The molecule has 1 heterocycles. The van der Waals surface area contributed by atoms with Gasteiger partial charge in [-0.25, -0.2) is 0 Å². The van der Waals surface area contributed by atoms with Gasteiger partial charge >= 0.3 is 0 Å². The fourth-order valence-corrected chi connectivity index (χ4v) is 3.08. The highest BCUT2D eigenvalue weighted by atomic mass is 15.1. The molecule has 0 amide bonds. The number of aryl methyl sites for hydroxylation is 2. The normalized spacial score (nSPS) is 19.2. The van der Waals surface area contributed by atoms with E-state index >= 15 is 0 Å². The maximum Gasteiger partial charge on any atom is 0.0366 e. The Labute approximate surface area is 104 Å². The number of benzene rings is 1. The molecule has 90 valence electrons. The molecular weight excluding hydrogens is 206 g/mol. The summed E-state index contributed by atoms with van der Waals surface area (Å²) in [5.74, 6) is 0. The maximum atomic E-state index is 4.28. The predicted molar refractivity (Wildman–Crippen MR) is 72.9 cm³/mol. The lowest BCUT2D eigenvalue weighted by Gasteiger charge is -2.23. The third kappa shape index (κ3) is 2.11. The van der Waals surface area contributed by atoms with E-state index in [0.717, 1.165) is 0 Å². The van der Waals surface area contributed by atoms with E-state index in [0.29, 0.717) is 0 Å². The average molecular weight is 227 g/mol. The van der Waals surface area contributed by atoms with Crippen LogP contribution < -0.4 is 0 Å². The molecule has 0 unspecified atom stereocenters. The lowest BCUT2D eigenvalue weighted by atomic mass is 9.90. The average Bonchev–Trinajstić information content (AvgIpc) is 2.91. The lowest BCUT2D eigenvalue weighted by molar-refractivity contribution is 0.494. The predicted octanol–water partition coefficient (Wildman–Crippen LogP) is 3.63. The molecule has 1 aliphatic heterocycles. The summed E-state index contributed by atoms with van der Waals surface area (Å²) < 4.78 is 0. The molecule has 0 saturated carbocycles. The van der Waals surface area contributed by atoms with E-state index in [1.165, 1.54) is 62.9 Å². The number of hydrogen-bond donors (Lipinski definition) is 0. The van der Waals surface area contributed by atoms with Gasteiger partial charge in [0.15, 0.2) is 0 Å². The summed E-state index contributed by atoms with van der Waals surface area (Å²) in [6.07, 6.45) is 7.89. The SMILES string of the molecule is C=C(c1ccc2c(c1)CCCC2)N1CCCC1. The third-order valence-electron chi connectivity index (χ3n) is 4.17. The first kappa shape index (κ1) is 10.9. The zero-order valence-corrected chi connectivity index (χ0v) is 10.5. The first-order valence-electron chi connectivity index (χ1n) is 6.90. The van der Waals surface area contributed by atoms with Crippen molar-refractivity contribution in [2.24, 2.45) is 0 Å². The Morgan fingerprint density at radius 1 is 0.941 bits per heavy atom. The Morgan fingerprint density at radius 2 is 1.65 bits per heavy atom. The molecule has 0 spiro atoms. The van der Waals surface area contributed by atoms with Crippen LogP contribution in [0.4, 0.5) is 0 Å². The lowest BCUT2D eigenvalue weighted by Crippen LogP contribution is -2.17. The Bertz CT molecular complexity index is 427. The molecule has 2 aliphatic rings. The molecule has 1 nitrogen and oxygen atoms in total. The first-order chi connectivity index (χ1) is 8.34. The van der Waals surface area contributed by atoms with Crippen LogP contribution in [0.3, 0.4) is 0 Å². The zero-order chi connectivity index (χ0) is 11.7. The van der Waals surface area contributed by atoms with Crippen molar-refractivity contribution >= 4 is 5.70 Å². The van der Waals surface area contributed by atoms with Crippen molar-refractivity contribution in [3.8, 4) is 0 Å². The molecule has 17 heavy (non-hydrogen) atoms. The first-order valence-corrected chi connectivity index (χ1v) is 6.90. The molecule has 0 radical (unpaired) electrons. The maximum absolute atomic E-state index is 4.28. The number of fused-ring (bicyclic) bond motifs is 1. The molecular formula is C16H21N. The molecule has 1 heteroatoms. The van der Waals surface area contributed by atoms with Crippen molar-refractivity contribution in [1.29, 1.82) is 0 Å². The highest BCUT2D eigenvalue weighted by Crippen LogP contribution is 2.27. The molecule has 1 aromatic rings. The third-order valence-corrected chi connectivity index (χ3v) is 4.17. The molecule has 1 aliphatic carbocycles. The van der Waals surface area contributed by atoms with Crippen LogP contribution >= 0.6 is 0 Å². The molecule has 1 fully saturated rings. The van der Waals surface area contributed by atoms with Gasteiger partial charge in [0, 0.05) is 18.8 Å². The zero-order valence-electron chi connectivity index (χ0n) is 10.5. The van der Waals surface area contributed by atoms with Gasteiger partial charge in [-0.2, -0.15) is 0 Å². The van der Waals surface area contributed by atoms with Crippen molar-refractivity contribution in [2.45, 2.75) is 38.5 Å². The largest absolute Gasteiger partial charge is 0.372 e. The fourth-order valence-electron chi connectivity index (χ4n) is 3.08. The van der Waals surface area contributed by atoms with Crippen molar-refractivity contribution in [1.82, 2.24) is 4.90 Å². The molecule has 3 rings (SSSR count). The van der Waals surface area contributed by atoms with Crippen LogP contribution in [0.15, 0.2) is 24.8 Å². The van der Waals surface area contributed by atoms with Gasteiger partial charge in [-0.15, -0.1) is 0 Å². The molecule has 0 aromatic heterocycles. The van der Waals surface area contributed by atoms with Crippen molar-refractivity contribution in [3.05, 3.63) is 41.5 Å². The topological polar surface area (TPSA) is 3.24 Å². The van der Waals surface area contributed by atoms with Gasteiger partial charge in [-0.3, -0.25) is 0 Å². The number of likely N-dealkylation sites (tertiary alicyclic amines) is 1. The summed E-state index contributed by atoms with van der Waals surface area (Å²) in [6.45, 7) is 6.66. The van der Waals surface area contributed by atoms with E-state index in [1.807, 2.05) is 0 Å². The minimum absolute atomic E-state index is 1.19. The van der Waals surface area contributed by atoms with E-state index in [-0.39, 0.29) is 0 Å². The van der Waals surface area contributed by atoms with Gasteiger partial charge in [0.05, 0.1) is 0 Å². The number of nitrogens with zero attached hydrogens (tertiary/aromatic N) is 1. The van der Waals surface area contributed by atoms with Crippen molar-refractivity contribution < 1.29 is 0 Å². The monoisotopic (exact) mass is 227 g/mol. The van der Waals surface area contributed by atoms with Gasteiger partial charge in [0.2, 0.25) is 0 Å². The highest BCUT2D eigenvalue weighted by Gasteiger charge is 2.16. The van der Waals surface area contributed by atoms with Crippen LogP contribution in [0.5, 0.6) is 0 Å². The summed E-state index contributed by atoms with van der Waals surface area (Å²) in [4.78, 5) is 2.44. The van der Waals surface area contributed by atoms with Crippen LogP contribution in [0, 0.1) is 0 Å². The Morgan fingerprint density at radius 3 is 2.41 bits per heavy atom. The van der Waals surface area contributed by atoms with Crippen LogP contribution in [-0.2, 0) is 12.8 Å². The Kier molecular flexibility index (Phi) is 2.92. The number of rotatable bonds is 2. The molecule has 1 aromatic carbocycles. The molecule has 0 atom stereocenters. The van der Waals surface area contributed by atoms with Gasteiger partial charge in [0.25, 0.3) is 0 Å². The van der Waals surface area contributed by atoms with Crippen LogP contribution in [0.25, 0.3) is 5.70 Å².